The Balaban J connectivity index is 2.32. The summed E-state index contributed by atoms with van der Waals surface area (Å²) in [5.74, 6) is 1.10. The van der Waals surface area contributed by atoms with Gasteiger partial charge in [0.15, 0.2) is 11.6 Å². The van der Waals surface area contributed by atoms with E-state index >= 15 is 0 Å². The minimum absolute atomic E-state index is 0.00416. The Bertz CT molecular complexity index is 548. The zero-order chi connectivity index (χ0) is 12.3. The number of hydrogen-bond acceptors (Lipinski definition) is 4. The van der Waals surface area contributed by atoms with Crippen molar-refractivity contribution in [2.24, 2.45) is 17.9 Å². The van der Waals surface area contributed by atoms with Crippen LogP contribution in [0.5, 0.6) is 11.5 Å². The van der Waals surface area contributed by atoms with Crippen LogP contribution in [0.4, 0.5) is 0 Å². The van der Waals surface area contributed by atoms with Gasteiger partial charge in [0.25, 0.3) is 0 Å². The van der Waals surface area contributed by atoms with E-state index in [0.29, 0.717) is 17.1 Å². The zero-order valence-corrected chi connectivity index (χ0v) is 9.24. The first kappa shape index (κ1) is 11.0. The molecule has 0 atom stereocenters. The molecule has 0 radical (unpaired) electrons. The molecule has 0 amide bonds. The molecule has 1 aromatic carbocycles. The van der Waals surface area contributed by atoms with Crippen LogP contribution in [0.25, 0.3) is 0 Å². The highest BCUT2D eigenvalue weighted by Gasteiger charge is 2.09. The van der Waals surface area contributed by atoms with Crippen molar-refractivity contribution in [3.05, 3.63) is 42.2 Å². The summed E-state index contributed by atoms with van der Waals surface area (Å²) in [5, 5.41) is 15.6. The summed E-state index contributed by atoms with van der Waals surface area (Å²) in [6, 6.07) is 7.03. The molecule has 0 fully saturated rings. The van der Waals surface area contributed by atoms with E-state index in [1.807, 2.05) is 0 Å². The molecule has 0 aliphatic rings. The van der Waals surface area contributed by atoms with Crippen LogP contribution in [-0.2, 0) is 7.05 Å². The van der Waals surface area contributed by atoms with Crippen LogP contribution >= 0.6 is 0 Å². The zero-order valence-electron chi connectivity index (χ0n) is 9.24. The van der Waals surface area contributed by atoms with Crippen molar-refractivity contribution in [1.82, 2.24) is 9.78 Å². The van der Waals surface area contributed by atoms with E-state index in [1.54, 1.807) is 48.4 Å². The van der Waals surface area contributed by atoms with Crippen LogP contribution < -0.4 is 10.5 Å². The molecule has 2 rings (SSSR count). The summed E-state index contributed by atoms with van der Waals surface area (Å²) in [6.07, 6.45) is 3.31. The molecule has 6 nitrogen and oxygen atoms in total. The van der Waals surface area contributed by atoms with Crippen LogP contribution in [0.15, 0.2) is 41.8 Å². The molecule has 6 heteroatoms. The molecular weight excluding hydrogens is 220 g/mol. The highest BCUT2D eigenvalue weighted by molar-refractivity contribution is 5.99. The normalized spacial score (nSPS) is 11.5. The van der Waals surface area contributed by atoms with Gasteiger partial charge in [0.05, 0.1) is 18.0 Å². The van der Waals surface area contributed by atoms with Crippen molar-refractivity contribution in [1.29, 1.82) is 0 Å². The summed E-state index contributed by atoms with van der Waals surface area (Å²) in [6.45, 7) is 0. The van der Waals surface area contributed by atoms with E-state index in [-0.39, 0.29) is 5.84 Å². The lowest BCUT2D eigenvalue weighted by atomic mass is 10.2. The maximum absolute atomic E-state index is 8.67. The second kappa shape index (κ2) is 4.56. The lowest BCUT2D eigenvalue weighted by Gasteiger charge is -2.07. The fraction of sp³-hybridized carbons (Fsp3) is 0.0909. The van der Waals surface area contributed by atoms with E-state index in [1.165, 1.54) is 0 Å². The van der Waals surface area contributed by atoms with Crippen molar-refractivity contribution in [2.75, 3.05) is 0 Å². The van der Waals surface area contributed by atoms with Crippen molar-refractivity contribution in [3.63, 3.8) is 0 Å². The van der Waals surface area contributed by atoms with Crippen LogP contribution in [0, 0.1) is 0 Å². The fourth-order valence-corrected chi connectivity index (χ4v) is 1.40. The molecule has 88 valence electrons. The summed E-state index contributed by atoms with van der Waals surface area (Å²) >= 11 is 0. The molecule has 1 aromatic heterocycles. The van der Waals surface area contributed by atoms with E-state index in [0.717, 1.165) is 0 Å². The molecule has 0 spiro atoms. The van der Waals surface area contributed by atoms with Crippen molar-refractivity contribution >= 4 is 5.84 Å². The molecule has 0 unspecified atom stereocenters. The largest absolute Gasteiger partial charge is 0.453 e. The number of para-hydroxylation sites is 1. The SMILES string of the molecule is Cn1cc(Oc2ccccc2/C(N)=N/O)cn1. The van der Waals surface area contributed by atoms with Crippen LogP contribution in [0.3, 0.4) is 0 Å². The lowest BCUT2D eigenvalue weighted by molar-refractivity contribution is 0.318. The first-order chi connectivity index (χ1) is 8.20. The van der Waals surface area contributed by atoms with Gasteiger partial charge in [-0.3, -0.25) is 4.68 Å². The van der Waals surface area contributed by atoms with Crippen molar-refractivity contribution in [3.8, 4) is 11.5 Å². The topological polar surface area (TPSA) is 85.7 Å². The first-order valence-corrected chi connectivity index (χ1v) is 4.94. The average molecular weight is 232 g/mol. The van der Waals surface area contributed by atoms with Crippen LogP contribution in [0.1, 0.15) is 5.56 Å². The van der Waals surface area contributed by atoms with Gasteiger partial charge in [-0.05, 0) is 12.1 Å². The van der Waals surface area contributed by atoms with Crippen LogP contribution in [-0.4, -0.2) is 20.8 Å². The van der Waals surface area contributed by atoms with E-state index in [9.17, 15) is 0 Å². The van der Waals surface area contributed by atoms with Gasteiger partial charge in [-0.1, -0.05) is 17.3 Å². The molecule has 0 saturated heterocycles. The summed E-state index contributed by atoms with van der Waals surface area (Å²) in [4.78, 5) is 0. The van der Waals surface area contributed by atoms with Gasteiger partial charge < -0.3 is 15.7 Å². The molecule has 0 bridgehead atoms. The van der Waals surface area contributed by atoms with E-state index in [4.69, 9.17) is 15.7 Å². The average Bonchev–Trinajstić information content (AvgIpc) is 2.74. The monoisotopic (exact) mass is 232 g/mol. The molecule has 3 N–H and O–H groups in total. The molecule has 2 aromatic rings. The van der Waals surface area contributed by atoms with E-state index < -0.39 is 0 Å². The van der Waals surface area contributed by atoms with Gasteiger partial charge in [-0.2, -0.15) is 5.10 Å². The fourth-order valence-electron chi connectivity index (χ4n) is 1.40. The Morgan fingerprint density at radius 2 is 2.24 bits per heavy atom. The number of rotatable bonds is 3. The Hall–Kier alpha value is -2.50. The van der Waals surface area contributed by atoms with Crippen LogP contribution in [0.2, 0.25) is 0 Å². The Kier molecular flexibility index (Phi) is 2.95. The van der Waals surface area contributed by atoms with Crippen molar-refractivity contribution < 1.29 is 9.94 Å². The minimum Gasteiger partial charge on any atom is -0.453 e. The van der Waals surface area contributed by atoms with Gasteiger partial charge in [0.2, 0.25) is 0 Å². The summed E-state index contributed by atoms with van der Waals surface area (Å²) in [7, 11) is 1.79. The van der Waals surface area contributed by atoms with Crippen molar-refractivity contribution in [2.45, 2.75) is 0 Å². The predicted molar refractivity (Wildman–Crippen MR) is 62.2 cm³/mol. The predicted octanol–water partition coefficient (Wildman–Crippen LogP) is 1.31. The third-order valence-corrected chi connectivity index (χ3v) is 2.18. The summed E-state index contributed by atoms with van der Waals surface area (Å²) < 4.78 is 7.22. The Labute approximate surface area is 97.9 Å². The third kappa shape index (κ3) is 2.36. The quantitative estimate of drug-likeness (QED) is 0.361. The number of nitrogens with zero attached hydrogens (tertiary/aromatic N) is 3. The number of hydrogen-bond donors (Lipinski definition) is 2. The molecule has 0 aliphatic heterocycles. The molecular formula is C11H12N4O2. The second-order valence-corrected chi connectivity index (χ2v) is 3.43. The van der Waals surface area contributed by atoms with Gasteiger partial charge >= 0.3 is 0 Å². The molecule has 1 heterocycles. The maximum atomic E-state index is 8.67. The number of ether oxygens (including phenoxy) is 1. The highest BCUT2D eigenvalue weighted by Crippen LogP contribution is 2.24. The van der Waals surface area contributed by atoms with Gasteiger partial charge in [0, 0.05) is 7.05 Å². The maximum Gasteiger partial charge on any atom is 0.173 e. The second-order valence-electron chi connectivity index (χ2n) is 3.43. The lowest BCUT2D eigenvalue weighted by Crippen LogP contribution is -2.13. The Morgan fingerprint density at radius 1 is 1.47 bits per heavy atom. The van der Waals surface area contributed by atoms with Gasteiger partial charge in [-0.15, -0.1) is 0 Å². The minimum atomic E-state index is 0.00416. The molecule has 17 heavy (non-hydrogen) atoms. The molecule has 0 aliphatic carbocycles. The number of oxime groups is 1. The van der Waals surface area contributed by atoms with E-state index in [2.05, 4.69) is 10.3 Å². The number of aromatic nitrogens is 2. The third-order valence-electron chi connectivity index (χ3n) is 2.18. The smallest absolute Gasteiger partial charge is 0.173 e. The number of aryl methyl sites for hydroxylation is 1. The number of nitrogens with two attached hydrogens (primary N) is 1. The first-order valence-electron chi connectivity index (χ1n) is 4.94. The van der Waals surface area contributed by atoms with Gasteiger partial charge in [-0.25, -0.2) is 0 Å². The standard InChI is InChI=1S/C11H12N4O2/c1-15-7-8(6-13-15)17-10-5-3-2-4-9(10)11(12)14-16/h2-7,16H,1H3,(H2,12,14). The number of amidine groups is 1. The Morgan fingerprint density at radius 3 is 2.88 bits per heavy atom. The highest BCUT2D eigenvalue weighted by atomic mass is 16.5. The van der Waals surface area contributed by atoms with Gasteiger partial charge in [0.1, 0.15) is 5.75 Å². The molecule has 0 saturated carbocycles. The number of benzene rings is 1. The summed E-state index contributed by atoms with van der Waals surface area (Å²) in [5.41, 5.74) is 6.08.